The van der Waals surface area contributed by atoms with E-state index in [9.17, 15) is 14.4 Å². The molecule has 1 aromatic carbocycles. The fraction of sp³-hybridized carbons (Fsp3) is 0.286. The number of benzene rings is 1. The number of nitrogens with zero attached hydrogens (tertiary/aromatic N) is 1. The number of Topliss-reactive ketones (excluding diaryl/α,β-unsaturated/α-hetero) is 1. The van der Waals surface area contributed by atoms with E-state index in [2.05, 4.69) is 15.8 Å². The zero-order chi connectivity index (χ0) is 15.1. The zero-order valence-electron chi connectivity index (χ0n) is 11.7. The summed E-state index contributed by atoms with van der Waals surface area (Å²) in [6.45, 7) is 4.54. The molecule has 1 rings (SSSR count). The van der Waals surface area contributed by atoms with Gasteiger partial charge in [-0.25, -0.2) is 5.43 Å². The first-order valence-electron chi connectivity index (χ1n) is 6.09. The molecule has 0 aliphatic heterocycles. The number of carbonyl (C=O) groups excluding carboxylic acids is 3. The van der Waals surface area contributed by atoms with Crippen LogP contribution in [0.2, 0.25) is 0 Å². The Morgan fingerprint density at radius 1 is 1.05 bits per heavy atom. The largest absolute Gasteiger partial charge is 0.326 e. The van der Waals surface area contributed by atoms with Crippen molar-refractivity contribution in [2.24, 2.45) is 5.10 Å². The lowest BCUT2D eigenvalue weighted by atomic mass is 10.2. The lowest BCUT2D eigenvalue weighted by Gasteiger charge is -2.04. The average molecular weight is 275 g/mol. The molecule has 0 spiro atoms. The summed E-state index contributed by atoms with van der Waals surface area (Å²) in [5.41, 5.74) is 3.95. The maximum Gasteiger partial charge on any atom is 0.271 e. The summed E-state index contributed by atoms with van der Waals surface area (Å²) in [7, 11) is 0. The number of hydrogen-bond acceptors (Lipinski definition) is 4. The highest BCUT2D eigenvalue weighted by Crippen LogP contribution is 2.09. The third kappa shape index (κ3) is 5.43. The average Bonchev–Trinajstić information content (AvgIpc) is 2.35. The minimum atomic E-state index is -0.373. The summed E-state index contributed by atoms with van der Waals surface area (Å²) in [5.74, 6) is -0.561. The van der Waals surface area contributed by atoms with E-state index in [1.807, 2.05) is 0 Å². The molecular formula is C14H17N3O3. The summed E-state index contributed by atoms with van der Waals surface area (Å²) in [6.07, 6.45) is 0.210. The van der Waals surface area contributed by atoms with Crippen molar-refractivity contribution < 1.29 is 14.4 Å². The molecule has 20 heavy (non-hydrogen) atoms. The maximum absolute atomic E-state index is 11.8. The topological polar surface area (TPSA) is 87.6 Å². The first kappa shape index (κ1) is 15.6. The van der Waals surface area contributed by atoms with E-state index < -0.39 is 0 Å². The van der Waals surface area contributed by atoms with Crippen molar-refractivity contribution in [1.29, 1.82) is 0 Å². The van der Waals surface area contributed by atoms with E-state index in [4.69, 9.17) is 0 Å². The molecule has 0 bridgehead atoms. The molecule has 0 radical (unpaired) electrons. The second-order valence-corrected chi connectivity index (χ2v) is 4.43. The minimum Gasteiger partial charge on any atom is -0.326 e. The molecule has 2 N–H and O–H groups in total. The Balaban J connectivity index is 2.64. The normalized spacial score (nSPS) is 10.8. The summed E-state index contributed by atoms with van der Waals surface area (Å²) >= 11 is 0. The number of hydrazone groups is 1. The van der Waals surface area contributed by atoms with Crippen molar-refractivity contribution in [2.45, 2.75) is 27.2 Å². The van der Waals surface area contributed by atoms with Gasteiger partial charge in [0.05, 0.1) is 0 Å². The predicted molar refractivity (Wildman–Crippen MR) is 76.6 cm³/mol. The monoisotopic (exact) mass is 275 g/mol. The van der Waals surface area contributed by atoms with Crippen LogP contribution in [-0.4, -0.2) is 23.3 Å². The fourth-order valence-electron chi connectivity index (χ4n) is 1.52. The van der Waals surface area contributed by atoms with Gasteiger partial charge in [-0.2, -0.15) is 5.10 Å². The van der Waals surface area contributed by atoms with Crippen LogP contribution >= 0.6 is 0 Å². The molecule has 1 aromatic rings. The van der Waals surface area contributed by atoms with Crippen LogP contribution in [0, 0.1) is 0 Å². The van der Waals surface area contributed by atoms with Gasteiger partial charge >= 0.3 is 0 Å². The van der Waals surface area contributed by atoms with Crippen molar-refractivity contribution in [3.8, 4) is 0 Å². The Hall–Kier alpha value is -2.50. The van der Waals surface area contributed by atoms with E-state index in [1.165, 1.54) is 13.8 Å². The lowest BCUT2D eigenvalue weighted by molar-refractivity contribution is -0.116. The standard InChI is InChI=1S/C14H17N3O3/c1-9(8-10(2)18)16-17-14(20)12-4-6-13(7-5-12)15-11(3)19/h4-7H,8H2,1-3H3,(H,15,19)(H,17,20). The van der Waals surface area contributed by atoms with Crippen LogP contribution in [-0.2, 0) is 9.59 Å². The van der Waals surface area contributed by atoms with Gasteiger partial charge in [-0.15, -0.1) is 0 Å². The van der Waals surface area contributed by atoms with Gasteiger partial charge in [0.15, 0.2) is 0 Å². The fourth-order valence-corrected chi connectivity index (χ4v) is 1.52. The van der Waals surface area contributed by atoms with E-state index in [-0.39, 0.29) is 24.0 Å². The van der Waals surface area contributed by atoms with E-state index in [0.29, 0.717) is 17.0 Å². The molecule has 0 atom stereocenters. The Morgan fingerprint density at radius 3 is 2.15 bits per heavy atom. The highest BCUT2D eigenvalue weighted by atomic mass is 16.2. The molecule has 0 aromatic heterocycles. The van der Waals surface area contributed by atoms with Crippen LogP contribution in [0.4, 0.5) is 5.69 Å². The van der Waals surface area contributed by atoms with Crippen molar-refractivity contribution in [2.75, 3.05) is 5.32 Å². The van der Waals surface area contributed by atoms with E-state index >= 15 is 0 Å². The molecule has 2 amide bonds. The van der Waals surface area contributed by atoms with Crippen LogP contribution < -0.4 is 10.7 Å². The van der Waals surface area contributed by atoms with Crippen molar-refractivity contribution >= 4 is 29.0 Å². The number of hydrogen-bond donors (Lipinski definition) is 2. The van der Waals surface area contributed by atoms with Crippen LogP contribution in [0.5, 0.6) is 0 Å². The summed E-state index contributed by atoms with van der Waals surface area (Å²) in [4.78, 5) is 33.5. The van der Waals surface area contributed by atoms with Crippen molar-refractivity contribution in [3.63, 3.8) is 0 Å². The van der Waals surface area contributed by atoms with Gasteiger partial charge in [-0.1, -0.05) is 0 Å². The van der Waals surface area contributed by atoms with Gasteiger partial charge in [0.1, 0.15) is 5.78 Å². The Morgan fingerprint density at radius 2 is 1.65 bits per heavy atom. The van der Waals surface area contributed by atoms with Crippen molar-refractivity contribution in [3.05, 3.63) is 29.8 Å². The molecule has 0 saturated heterocycles. The Bertz CT molecular complexity index is 547. The van der Waals surface area contributed by atoms with Gasteiger partial charge in [0, 0.05) is 30.3 Å². The number of carbonyl (C=O) groups is 3. The third-order valence-electron chi connectivity index (χ3n) is 2.32. The Labute approximate surface area is 117 Å². The van der Waals surface area contributed by atoms with Crippen LogP contribution in [0.25, 0.3) is 0 Å². The lowest BCUT2D eigenvalue weighted by Crippen LogP contribution is -2.19. The van der Waals surface area contributed by atoms with Gasteiger partial charge in [0.25, 0.3) is 5.91 Å². The molecule has 0 aliphatic carbocycles. The molecule has 6 heteroatoms. The number of ketones is 1. The van der Waals surface area contributed by atoms with Gasteiger partial charge in [-0.3, -0.25) is 14.4 Å². The number of anilines is 1. The summed E-state index contributed by atoms with van der Waals surface area (Å²) in [5, 5.41) is 6.45. The smallest absolute Gasteiger partial charge is 0.271 e. The highest BCUT2D eigenvalue weighted by Gasteiger charge is 2.05. The molecule has 0 unspecified atom stereocenters. The van der Waals surface area contributed by atoms with E-state index in [0.717, 1.165) is 0 Å². The van der Waals surface area contributed by atoms with Crippen molar-refractivity contribution in [1.82, 2.24) is 5.43 Å². The molecule has 106 valence electrons. The molecule has 0 fully saturated rings. The summed E-state index contributed by atoms with van der Waals surface area (Å²) in [6, 6.07) is 6.41. The van der Waals surface area contributed by atoms with Gasteiger partial charge < -0.3 is 5.32 Å². The van der Waals surface area contributed by atoms with Crippen LogP contribution in [0.15, 0.2) is 29.4 Å². The predicted octanol–water partition coefficient (Wildman–Crippen LogP) is 1.73. The second kappa shape index (κ2) is 7.18. The minimum absolute atomic E-state index is 0.0137. The molecule has 6 nitrogen and oxygen atoms in total. The molecular weight excluding hydrogens is 258 g/mol. The Kier molecular flexibility index (Phi) is 5.58. The zero-order valence-corrected chi connectivity index (χ0v) is 11.7. The van der Waals surface area contributed by atoms with Gasteiger partial charge in [0.2, 0.25) is 5.91 Å². The quantitative estimate of drug-likeness (QED) is 0.633. The van der Waals surface area contributed by atoms with E-state index in [1.54, 1.807) is 31.2 Å². The summed E-state index contributed by atoms with van der Waals surface area (Å²) < 4.78 is 0. The SMILES string of the molecule is CC(=O)CC(C)=NNC(=O)c1ccc(NC(C)=O)cc1. The number of amides is 2. The van der Waals surface area contributed by atoms with Crippen LogP contribution in [0.3, 0.4) is 0 Å². The molecule has 0 saturated carbocycles. The van der Waals surface area contributed by atoms with Gasteiger partial charge in [-0.05, 0) is 38.1 Å². The third-order valence-corrected chi connectivity index (χ3v) is 2.32. The molecule has 0 aliphatic rings. The molecule has 0 heterocycles. The maximum atomic E-state index is 11.8. The first-order valence-corrected chi connectivity index (χ1v) is 6.09. The van der Waals surface area contributed by atoms with Crippen LogP contribution in [0.1, 0.15) is 37.6 Å². The highest BCUT2D eigenvalue weighted by molar-refractivity contribution is 6.01. The first-order chi connectivity index (χ1) is 9.38. The second-order valence-electron chi connectivity index (χ2n) is 4.43. The number of rotatable bonds is 5. The number of nitrogens with one attached hydrogen (secondary N) is 2.